The summed E-state index contributed by atoms with van der Waals surface area (Å²) >= 11 is 1.79. The van der Waals surface area contributed by atoms with Gasteiger partial charge < -0.3 is 15.2 Å². The largest absolute Gasteiger partial charge is 0.353 e. The number of aryl methyl sites for hydroxylation is 1. The summed E-state index contributed by atoms with van der Waals surface area (Å²) in [7, 11) is 2.05. The maximum absolute atomic E-state index is 13.1. The van der Waals surface area contributed by atoms with Crippen molar-refractivity contribution in [3.05, 3.63) is 52.0 Å². The average Bonchev–Trinajstić information content (AvgIpc) is 3.18. The first-order valence-electron chi connectivity index (χ1n) is 10.1. The van der Waals surface area contributed by atoms with Gasteiger partial charge in [0.1, 0.15) is 11.2 Å². The van der Waals surface area contributed by atoms with Crippen LogP contribution in [0.5, 0.6) is 0 Å². The van der Waals surface area contributed by atoms with Crippen molar-refractivity contribution in [2.45, 2.75) is 46.2 Å². The fourth-order valence-corrected chi connectivity index (χ4v) is 6.15. The van der Waals surface area contributed by atoms with Gasteiger partial charge in [-0.3, -0.25) is 4.79 Å². The van der Waals surface area contributed by atoms with E-state index in [-0.39, 0.29) is 12.1 Å². The first kappa shape index (κ1) is 17.8. The number of benzene rings is 1. The molecular formula is C23H27N3OS. The SMILES string of the molecule is Cn1cc([C@H]2NC(=O)c3c(sc4c3CC[C@@H](C(C)(C)C)C4)N2)c2ccccc21. The van der Waals surface area contributed by atoms with Crippen LogP contribution < -0.4 is 10.6 Å². The van der Waals surface area contributed by atoms with Crippen LogP contribution >= 0.6 is 11.3 Å². The number of rotatable bonds is 1. The van der Waals surface area contributed by atoms with Gasteiger partial charge in [0.25, 0.3) is 5.91 Å². The van der Waals surface area contributed by atoms with Crippen LogP contribution in [-0.4, -0.2) is 10.5 Å². The Kier molecular flexibility index (Phi) is 3.89. The molecule has 0 bridgehead atoms. The van der Waals surface area contributed by atoms with Crippen molar-refractivity contribution in [3.8, 4) is 0 Å². The van der Waals surface area contributed by atoms with Gasteiger partial charge in [-0.15, -0.1) is 11.3 Å². The lowest BCUT2D eigenvalue weighted by atomic mass is 9.72. The van der Waals surface area contributed by atoms with Crippen LogP contribution in [0, 0.1) is 11.3 Å². The van der Waals surface area contributed by atoms with Crippen LogP contribution in [0.25, 0.3) is 10.9 Å². The molecule has 3 aromatic rings. The Morgan fingerprint density at radius 3 is 2.75 bits per heavy atom. The summed E-state index contributed by atoms with van der Waals surface area (Å²) in [4.78, 5) is 14.5. The third-order valence-electron chi connectivity index (χ3n) is 6.51. The van der Waals surface area contributed by atoms with Crippen molar-refractivity contribution in [2.75, 3.05) is 5.32 Å². The fourth-order valence-electron chi connectivity index (χ4n) is 4.80. The molecule has 4 nitrogen and oxygen atoms in total. The van der Waals surface area contributed by atoms with Crippen molar-refractivity contribution in [2.24, 2.45) is 18.4 Å². The van der Waals surface area contributed by atoms with Crippen LogP contribution in [0.15, 0.2) is 30.5 Å². The van der Waals surface area contributed by atoms with E-state index < -0.39 is 0 Å². The first-order valence-corrected chi connectivity index (χ1v) is 10.9. The third kappa shape index (κ3) is 2.67. The lowest BCUT2D eigenvalue weighted by molar-refractivity contribution is 0.0935. The number of nitrogens with zero attached hydrogens (tertiary/aromatic N) is 1. The molecular weight excluding hydrogens is 366 g/mol. The summed E-state index contributed by atoms with van der Waals surface area (Å²) in [5.74, 6) is 0.746. The number of carbonyl (C=O) groups excluding carboxylic acids is 1. The van der Waals surface area contributed by atoms with E-state index in [1.807, 2.05) is 0 Å². The number of amides is 1. The summed E-state index contributed by atoms with van der Waals surface area (Å²) < 4.78 is 2.13. The molecule has 5 heteroatoms. The van der Waals surface area contributed by atoms with E-state index in [1.165, 1.54) is 27.8 Å². The molecule has 0 radical (unpaired) electrons. The first-order chi connectivity index (χ1) is 13.3. The monoisotopic (exact) mass is 393 g/mol. The molecule has 0 fully saturated rings. The number of hydrogen-bond donors (Lipinski definition) is 2. The van der Waals surface area contributed by atoms with Gasteiger partial charge in [0.05, 0.1) is 5.56 Å². The predicted molar refractivity (Wildman–Crippen MR) is 116 cm³/mol. The molecule has 0 saturated carbocycles. The number of nitrogens with one attached hydrogen (secondary N) is 2. The van der Waals surface area contributed by atoms with Crippen molar-refractivity contribution < 1.29 is 4.79 Å². The second-order valence-electron chi connectivity index (χ2n) is 9.28. The van der Waals surface area contributed by atoms with Crippen molar-refractivity contribution >= 4 is 33.1 Å². The molecule has 1 aromatic carbocycles. The van der Waals surface area contributed by atoms with Gasteiger partial charge in [0.2, 0.25) is 0 Å². The van der Waals surface area contributed by atoms with Gasteiger partial charge in [0.15, 0.2) is 0 Å². The van der Waals surface area contributed by atoms with Crippen molar-refractivity contribution in [1.29, 1.82) is 0 Å². The maximum Gasteiger partial charge on any atom is 0.256 e. The summed E-state index contributed by atoms with van der Waals surface area (Å²) in [5.41, 5.74) is 4.78. The van der Waals surface area contributed by atoms with E-state index in [9.17, 15) is 4.79 Å². The highest BCUT2D eigenvalue weighted by molar-refractivity contribution is 7.16. The van der Waals surface area contributed by atoms with Crippen molar-refractivity contribution in [1.82, 2.24) is 9.88 Å². The minimum Gasteiger partial charge on any atom is -0.353 e. The van der Waals surface area contributed by atoms with Gasteiger partial charge in [0, 0.05) is 34.6 Å². The normalized spacial score (nSPS) is 21.8. The van der Waals surface area contributed by atoms with Crippen LogP contribution in [0.4, 0.5) is 5.00 Å². The molecule has 1 aliphatic heterocycles. The quantitative estimate of drug-likeness (QED) is 0.593. The second kappa shape index (κ2) is 6.11. The smallest absolute Gasteiger partial charge is 0.256 e. The standard InChI is InChI=1S/C23H27N3OS/c1-23(2,3)13-9-10-15-18(11-13)28-22-19(15)21(27)24-20(25-22)16-12-26(4)17-8-6-5-7-14(16)17/h5-8,12-13,20,25H,9-11H2,1-4H3,(H,24,27)/t13-,20+/m1/s1. The number of para-hydroxylation sites is 1. The minimum absolute atomic E-state index is 0.0680. The highest BCUT2D eigenvalue weighted by Crippen LogP contribution is 2.46. The summed E-state index contributed by atoms with van der Waals surface area (Å²) in [6.45, 7) is 6.99. The molecule has 0 unspecified atom stereocenters. The maximum atomic E-state index is 13.1. The summed E-state index contributed by atoms with van der Waals surface area (Å²) in [6.07, 6.45) is 5.20. The second-order valence-corrected chi connectivity index (χ2v) is 10.4. The minimum atomic E-state index is -0.190. The Balaban J connectivity index is 1.52. The molecule has 1 aliphatic carbocycles. The van der Waals surface area contributed by atoms with E-state index in [4.69, 9.17) is 0 Å². The lowest BCUT2D eigenvalue weighted by Crippen LogP contribution is -2.38. The number of anilines is 1. The highest BCUT2D eigenvalue weighted by Gasteiger charge is 2.36. The van der Waals surface area contributed by atoms with E-state index in [1.54, 1.807) is 11.3 Å². The van der Waals surface area contributed by atoms with Crippen molar-refractivity contribution in [3.63, 3.8) is 0 Å². The predicted octanol–water partition coefficient (Wildman–Crippen LogP) is 5.24. The number of hydrogen-bond acceptors (Lipinski definition) is 3. The van der Waals surface area contributed by atoms with Gasteiger partial charge in [-0.05, 0) is 42.2 Å². The van der Waals surface area contributed by atoms with Gasteiger partial charge in [-0.2, -0.15) is 0 Å². The Morgan fingerprint density at radius 2 is 1.96 bits per heavy atom. The number of fused-ring (bicyclic) bond motifs is 4. The highest BCUT2D eigenvalue weighted by atomic mass is 32.1. The molecule has 2 aromatic heterocycles. The molecule has 2 N–H and O–H groups in total. The van der Waals surface area contributed by atoms with Gasteiger partial charge >= 0.3 is 0 Å². The number of carbonyl (C=O) groups is 1. The zero-order valence-corrected chi connectivity index (χ0v) is 17.7. The zero-order valence-electron chi connectivity index (χ0n) is 16.9. The fraction of sp³-hybridized carbons (Fsp3) is 0.435. The topological polar surface area (TPSA) is 46.1 Å². The molecule has 5 rings (SSSR count). The number of aromatic nitrogens is 1. The van der Waals surface area contributed by atoms with Gasteiger partial charge in [-0.25, -0.2) is 0 Å². The Bertz CT molecular complexity index is 1090. The molecule has 0 spiro atoms. The van der Waals surface area contributed by atoms with E-state index in [2.05, 4.69) is 73.5 Å². The van der Waals surface area contributed by atoms with E-state index in [0.717, 1.165) is 29.0 Å². The average molecular weight is 394 g/mol. The molecule has 146 valence electrons. The Labute approximate surface area is 169 Å². The number of thiophene rings is 1. The summed E-state index contributed by atoms with van der Waals surface area (Å²) in [6, 6.07) is 8.35. The summed E-state index contributed by atoms with van der Waals surface area (Å²) in [5, 5.41) is 9.07. The van der Waals surface area contributed by atoms with Crippen LogP contribution in [-0.2, 0) is 19.9 Å². The molecule has 2 aliphatic rings. The van der Waals surface area contributed by atoms with Crippen LogP contribution in [0.2, 0.25) is 0 Å². The Morgan fingerprint density at radius 1 is 1.18 bits per heavy atom. The van der Waals surface area contributed by atoms with Crippen LogP contribution in [0.3, 0.4) is 0 Å². The van der Waals surface area contributed by atoms with E-state index >= 15 is 0 Å². The molecule has 28 heavy (non-hydrogen) atoms. The molecule has 0 saturated heterocycles. The molecule has 3 heterocycles. The lowest BCUT2D eigenvalue weighted by Gasteiger charge is -2.34. The molecule has 2 atom stereocenters. The third-order valence-corrected chi connectivity index (χ3v) is 7.69. The van der Waals surface area contributed by atoms with Gasteiger partial charge in [-0.1, -0.05) is 39.0 Å². The van der Waals surface area contributed by atoms with E-state index in [0.29, 0.717) is 11.3 Å². The van der Waals surface area contributed by atoms with Crippen LogP contribution in [0.1, 0.15) is 59.7 Å². The zero-order chi connectivity index (χ0) is 19.6. The molecule has 1 amide bonds. The Hall–Kier alpha value is -2.27.